The molecule has 1 aromatic carbocycles. The highest BCUT2D eigenvalue weighted by Crippen LogP contribution is 2.35. The Morgan fingerprint density at radius 2 is 1.88 bits per heavy atom. The van der Waals surface area contributed by atoms with Gasteiger partial charge in [-0.1, -0.05) is 17.7 Å². The van der Waals surface area contributed by atoms with E-state index in [9.17, 15) is 13.2 Å². The summed E-state index contributed by atoms with van der Waals surface area (Å²) in [6.07, 6.45) is -2.60. The third-order valence-electron chi connectivity index (χ3n) is 2.41. The fourth-order valence-corrected chi connectivity index (χ4v) is 1.85. The van der Waals surface area contributed by atoms with Crippen molar-refractivity contribution in [3.63, 3.8) is 0 Å². The SMILES string of the molecule is Cc1c[nH]c(-c2ccc(C(F)(F)F)cc2Cl)c1. The smallest absolute Gasteiger partial charge is 0.361 e. The normalized spacial score (nSPS) is 11.8. The number of H-pyrrole nitrogens is 1. The maximum Gasteiger partial charge on any atom is 0.416 e. The molecule has 0 radical (unpaired) electrons. The lowest BCUT2D eigenvalue weighted by atomic mass is 10.1. The van der Waals surface area contributed by atoms with Crippen LogP contribution in [-0.2, 0) is 6.18 Å². The standard InChI is InChI=1S/C12H9ClF3N/c1-7-4-11(17-6-7)9-3-2-8(5-10(9)13)12(14,15)16/h2-6,17H,1H3. The summed E-state index contributed by atoms with van der Waals surface area (Å²) in [6.45, 7) is 1.89. The average molecular weight is 260 g/mol. The molecule has 17 heavy (non-hydrogen) atoms. The first-order valence-electron chi connectivity index (χ1n) is 4.90. The highest BCUT2D eigenvalue weighted by Gasteiger charge is 2.30. The largest absolute Gasteiger partial charge is 0.416 e. The van der Waals surface area contributed by atoms with Gasteiger partial charge in [0.15, 0.2) is 0 Å². The Bertz CT molecular complexity index is 543. The summed E-state index contributed by atoms with van der Waals surface area (Å²) in [5.41, 5.74) is 1.53. The molecule has 0 amide bonds. The molecule has 0 aliphatic rings. The van der Waals surface area contributed by atoms with E-state index in [0.29, 0.717) is 11.3 Å². The van der Waals surface area contributed by atoms with Gasteiger partial charge in [-0.25, -0.2) is 0 Å². The fourth-order valence-electron chi connectivity index (χ4n) is 1.57. The third kappa shape index (κ3) is 2.47. The molecule has 1 heterocycles. The van der Waals surface area contributed by atoms with Crippen molar-refractivity contribution in [1.82, 2.24) is 4.98 Å². The van der Waals surface area contributed by atoms with Crippen molar-refractivity contribution in [3.8, 4) is 11.3 Å². The quantitative estimate of drug-likeness (QED) is 0.766. The van der Waals surface area contributed by atoms with Crippen LogP contribution in [0.15, 0.2) is 30.5 Å². The molecule has 0 aliphatic heterocycles. The molecule has 1 nitrogen and oxygen atoms in total. The van der Waals surface area contributed by atoms with Gasteiger partial charge in [0.2, 0.25) is 0 Å². The summed E-state index contributed by atoms with van der Waals surface area (Å²) >= 11 is 5.86. The van der Waals surface area contributed by atoms with E-state index in [0.717, 1.165) is 17.7 Å². The van der Waals surface area contributed by atoms with Gasteiger partial charge in [-0.05, 0) is 30.7 Å². The fraction of sp³-hybridized carbons (Fsp3) is 0.167. The third-order valence-corrected chi connectivity index (χ3v) is 2.73. The molecule has 2 rings (SSSR count). The van der Waals surface area contributed by atoms with Gasteiger partial charge in [0, 0.05) is 17.5 Å². The number of benzene rings is 1. The van der Waals surface area contributed by atoms with E-state index in [1.807, 2.05) is 13.0 Å². The molecule has 0 bridgehead atoms. The van der Waals surface area contributed by atoms with E-state index in [1.165, 1.54) is 6.07 Å². The molecule has 0 fully saturated rings. The Morgan fingerprint density at radius 1 is 1.18 bits per heavy atom. The maximum absolute atomic E-state index is 12.4. The van der Waals surface area contributed by atoms with Crippen molar-refractivity contribution in [2.75, 3.05) is 0 Å². The molecule has 0 aliphatic carbocycles. The molecule has 0 atom stereocenters. The number of nitrogens with one attached hydrogen (secondary N) is 1. The van der Waals surface area contributed by atoms with Gasteiger partial charge in [0.25, 0.3) is 0 Å². The Kier molecular flexibility index (Phi) is 2.91. The first-order valence-corrected chi connectivity index (χ1v) is 5.28. The summed E-state index contributed by atoms with van der Waals surface area (Å²) in [4.78, 5) is 2.96. The molecule has 1 N–H and O–H groups in total. The Morgan fingerprint density at radius 3 is 2.35 bits per heavy atom. The van der Waals surface area contributed by atoms with E-state index >= 15 is 0 Å². The zero-order valence-electron chi connectivity index (χ0n) is 8.90. The molecule has 5 heteroatoms. The summed E-state index contributed by atoms with van der Waals surface area (Å²) in [5.74, 6) is 0. The van der Waals surface area contributed by atoms with Crippen LogP contribution >= 0.6 is 11.6 Å². The molecular weight excluding hydrogens is 251 g/mol. The highest BCUT2D eigenvalue weighted by molar-refractivity contribution is 6.33. The number of aryl methyl sites for hydroxylation is 1. The number of hydrogen-bond acceptors (Lipinski definition) is 0. The monoisotopic (exact) mass is 259 g/mol. The van der Waals surface area contributed by atoms with Crippen molar-refractivity contribution in [1.29, 1.82) is 0 Å². The van der Waals surface area contributed by atoms with Crippen LogP contribution in [0.5, 0.6) is 0 Å². The molecule has 1 aromatic heterocycles. The van der Waals surface area contributed by atoms with Crippen LogP contribution in [0.4, 0.5) is 13.2 Å². The lowest BCUT2D eigenvalue weighted by Gasteiger charge is -2.09. The van der Waals surface area contributed by atoms with Crippen molar-refractivity contribution >= 4 is 11.6 Å². The summed E-state index contributed by atoms with van der Waals surface area (Å²) in [6, 6.07) is 5.16. The van der Waals surface area contributed by atoms with Crippen LogP contribution in [0.3, 0.4) is 0 Å². The predicted octanol–water partition coefficient (Wildman–Crippen LogP) is 4.66. The lowest BCUT2D eigenvalue weighted by Crippen LogP contribution is -2.04. The average Bonchev–Trinajstić information content (AvgIpc) is 2.63. The van der Waals surface area contributed by atoms with Crippen LogP contribution in [0.1, 0.15) is 11.1 Å². The number of rotatable bonds is 1. The molecule has 90 valence electrons. The second-order valence-electron chi connectivity index (χ2n) is 3.78. The topological polar surface area (TPSA) is 15.8 Å². The zero-order chi connectivity index (χ0) is 12.6. The Labute approximate surface area is 101 Å². The summed E-state index contributed by atoms with van der Waals surface area (Å²) < 4.78 is 37.3. The second-order valence-corrected chi connectivity index (χ2v) is 4.19. The number of aromatic nitrogens is 1. The minimum absolute atomic E-state index is 0.0849. The van der Waals surface area contributed by atoms with E-state index in [2.05, 4.69) is 4.98 Å². The van der Waals surface area contributed by atoms with Gasteiger partial charge in [-0.3, -0.25) is 0 Å². The van der Waals surface area contributed by atoms with Crippen molar-refractivity contribution < 1.29 is 13.2 Å². The van der Waals surface area contributed by atoms with E-state index in [1.54, 1.807) is 6.20 Å². The highest BCUT2D eigenvalue weighted by atomic mass is 35.5. The van der Waals surface area contributed by atoms with Gasteiger partial charge < -0.3 is 4.98 Å². The molecular formula is C12H9ClF3N. The van der Waals surface area contributed by atoms with E-state index in [-0.39, 0.29) is 5.02 Å². The first kappa shape index (κ1) is 12.0. The van der Waals surface area contributed by atoms with Crippen LogP contribution in [0.25, 0.3) is 11.3 Å². The number of hydrogen-bond donors (Lipinski definition) is 1. The van der Waals surface area contributed by atoms with Crippen LogP contribution in [-0.4, -0.2) is 4.98 Å². The summed E-state index contributed by atoms with van der Waals surface area (Å²) in [5, 5.41) is 0.0849. The Hall–Kier alpha value is -1.42. The zero-order valence-corrected chi connectivity index (χ0v) is 9.65. The predicted molar refractivity (Wildman–Crippen MR) is 61.0 cm³/mol. The molecule has 0 unspecified atom stereocenters. The van der Waals surface area contributed by atoms with Crippen molar-refractivity contribution in [2.45, 2.75) is 13.1 Å². The molecule has 2 aromatic rings. The van der Waals surface area contributed by atoms with Crippen LogP contribution < -0.4 is 0 Å². The number of aromatic amines is 1. The minimum atomic E-state index is -4.37. The van der Waals surface area contributed by atoms with Gasteiger partial charge in [0.05, 0.1) is 10.6 Å². The van der Waals surface area contributed by atoms with Crippen LogP contribution in [0.2, 0.25) is 5.02 Å². The maximum atomic E-state index is 12.4. The molecule has 0 saturated carbocycles. The van der Waals surface area contributed by atoms with Gasteiger partial charge in [-0.15, -0.1) is 0 Å². The Balaban J connectivity index is 2.45. The second kappa shape index (κ2) is 4.11. The molecule has 0 spiro atoms. The number of halogens is 4. The number of alkyl halides is 3. The summed E-state index contributed by atoms with van der Waals surface area (Å²) in [7, 11) is 0. The van der Waals surface area contributed by atoms with Gasteiger partial charge >= 0.3 is 6.18 Å². The first-order chi connectivity index (χ1) is 7.88. The lowest BCUT2D eigenvalue weighted by molar-refractivity contribution is -0.137. The molecule has 0 saturated heterocycles. The van der Waals surface area contributed by atoms with E-state index < -0.39 is 11.7 Å². The van der Waals surface area contributed by atoms with Gasteiger partial charge in [-0.2, -0.15) is 13.2 Å². The van der Waals surface area contributed by atoms with Crippen molar-refractivity contribution in [2.24, 2.45) is 0 Å². The van der Waals surface area contributed by atoms with Crippen LogP contribution in [0, 0.1) is 6.92 Å². The van der Waals surface area contributed by atoms with Gasteiger partial charge in [0.1, 0.15) is 0 Å². The minimum Gasteiger partial charge on any atom is -0.361 e. The van der Waals surface area contributed by atoms with Crippen molar-refractivity contribution in [3.05, 3.63) is 46.6 Å². The van der Waals surface area contributed by atoms with E-state index in [4.69, 9.17) is 11.6 Å².